The normalized spacial score (nSPS) is 17.4. The van der Waals surface area contributed by atoms with Gasteiger partial charge in [0.05, 0.1) is 5.75 Å². The molecular formula is C9H15NO3S. The summed E-state index contributed by atoms with van der Waals surface area (Å²) in [6.45, 7) is 3.49. The van der Waals surface area contributed by atoms with Gasteiger partial charge in [0, 0.05) is 13.1 Å². The highest BCUT2D eigenvalue weighted by Crippen LogP contribution is 2.17. The maximum Gasteiger partial charge on any atom is 0.316 e. The minimum absolute atomic E-state index is 0.0703. The molecule has 0 radical (unpaired) electrons. The summed E-state index contributed by atoms with van der Waals surface area (Å²) in [6, 6.07) is 0. The van der Waals surface area contributed by atoms with Crippen molar-refractivity contribution < 1.29 is 14.7 Å². The molecule has 0 saturated carbocycles. The molecule has 0 aromatic rings. The van der Waals surface area contributed by atoms with Crippen molar-refractivity contribution >= 4 is 23.6 Å². The number of carbonyl (C=O) groups is 2. The van der Waals surface area contributed by atoms with Crippen molar-refractivity contribution in [3.05, 3.63) is 0 Å². The first-order valence-corrected chi connectivity index (χ1v) is 5.82. The standard InChI is InChI=1S/C9H15NO3S/c1-2-7(9(12)13)14-6-8(11)10-4-3-5-10/h7H,2-6H2,1H3,(H,12,13). The molecule has 1 aliphatic heterocycles. The molecule has 1 heterocycles. The summed E-state index contributed by atoms with van der Waals surface area (Å²) >= 11 is 1.22. The van der Waals surface area contributed by atoms with E-state index in [1.54, 1.807) is 4.90 Å². The van der Waals surface area contributed by atoms with Gasteiger partial charge in [-0.2, -0.15) is 0 Å². The predicted octanol–water partition coefficient (Wildman–Crippen LogP) is 0.815. The Morgan fingerprint density at radius 3 is 2.50 bits per heavy atom. The molecule has 1 amide bonds. The second kappa shape index (κ2) is 5.24. The highest BCUT2D eigenvalue weighted by Gasteiger charge is 2.22. The first-order valence-electron chi connectivity index (χ1n) is 4.77. The smallest absolute Gasteiger partial charge is 0.316 e. The number of carboxylic acid groups (broad SMARTS) is 1. The third-order valence-electron chi connectivity index (χ3n) is 2.26. The van der Waals surface area contributed by atoms with Gasteiger partial charge in [-0.05, 0) is 12.8 Å². The topological polar surface area (TPSA) is 57.6 Å². The monoisotopic (exact) mass is 217 g/mol. The lowest BCUT2D eigenvalue weighted by molar-refractivity contribution is -0.136. The summed E-state index contributed by atoms with van der Waals surface area (Å²) in [7, 11) is 0. The zero-order valence-electron chi connectivity index (χ0n) is 8.23. The van der Waals surface area contributed by atoms with Crippen LogP contribution in [-0.2, 0) is 9.59 Å². The van der Waals surface area contributed by atoms with Crippen LogP contribution in [0.3, 0.4) is 0 Å². The van der Waals surface area contributed by atoms with E-state index in [1.165, 1.54) is 11.8 Å². The summed E-state index contributed by atoms with van der Waals surface area (Å²) in [5.41, 5.74) is 0. The quantitative estimate of drug-likeness (QED) is 0.740. The van der Waals surface area contributed by atoms with Crippen molar-refractivity contribution in [2.75, 3.05) is 18.8 Å². The van der Waals surface area contributed by atoms with Gasteiger partial charge in [0.15, 0.2) is 0 Å². The Balaban J connectivity index is 2.23. The Morgan fingerprint density at radius 1 is 1.50 bits per heavy atom. The van der Waals surface area contributed by atoms with Gasteiger partial charge >= 0.3 is 5.97 Å². The van der Waals surface area contributed by atoms with Crippen molar-refractivity contribution in [1.82, 2.24) is 4.90 Å². The third kappa shape index (κ3) is 2.90. The minimum Gasteiger partial charge on any atom is -0.480 e. The van der Waals surface area contributed by atoms with Gasteiger partial charge in [-0.3, -0.25) is 9.59 Å². The molecule has 1 atom stereocenters. The van der Waals surface area contributed by atoms with Crippen LogP contribution in [0.1, 0.15) is 19.8 Å². The van der Waals surface area contributed by atoms with Crippen molar-refractivity contribution in [2.24, 2.45) is 0 Å². The Labute approximate surface area is 87.7 Å². The van der Waals surface area contributed by atoms with Crippen LogP contribution >= 0.6 is 11.8 Å². The third-order valence-corrected chi connectivity index (χ3v) is 3.61. The lowest BCUT2D eigenvalue weighted by Crippen LogP contribution is -2.43. The van der Waals surface area contributed by atoms with E-state index in [2.05, 4.69) is 0 Å². The van der Waals surface area contributed by atoms with E-state index >= 15 is 0 Å². The van der Waals surface area contributed by atoms with Crippen molar-refractivity contribution in [3.8, 4) is 0 Å². The lowest BCUT2D eigenvalue weighted by Gasteiger charge is -2.31. The molecule has 0 aromatic carbocycles. The second-order valence-corrected chi connectivity index (χ2v) is 4.47. The molecule has 1 aliphatic rings. The molecule has 0 spiro atoms. The Bertz CT molecular complexity index is 228. The number of carboxylic acids is 1. The Kier molecular flexibility index (Phi) is 4.25. The van der Waals surface area contributed by atoms with Crippen LogP contribution < -0.4 is 0 Å². The molecule has 1 saturated heterocycles. The fourth-order valence-electron chi connectivity index (χ4n) is 1.19. The van der Waals surface area contributed by atoms with Gasteiger partial charge in [0.1, 0.15) is 5.25 Å². The van der Waals surface area contributed by atoms with E-state index < -0.39 is 11.2 Å². The predicted molar refractivity (Wildman–Crippen MR) is 55.4 cm³/mol. The molecule has 80 valence electrons. The van der Waals surface area contributed by atoms with Crippen molar-refractivity contribution in [3.63, 3.8) is 0 Å². The molecule has 1 unspecified atom stereocenters. The van der Waals surface area contributed by atoms with Crippen LogP contribution in [-0.4, -0.2) is 46.0 Å². The van der Waals surface area contributed by atoms with Crippen LogP contribution in [0.25, 0.3) is 0 Å². The van der Waals surface area contributed by atoms with Crippen LogP contribution in [0.15, 0.2) is 0 Å². The number of hydrogen-bond donors (Lipinski definition) is 1. The molecule has 0 aromatic heterocycles. The molecule has 1 rings (SSSR count). The van der Waals surface area contributed by atoms with Gasteiger partial charge in [-0.25, -0.2) is 0 Å². The fourth-order valence-corrected chi connectivity index (χ4v) is 2.10. The maximum atomic E-state index is 11.4. The number of carbonyl (C=O) groups excluding carboxylic acids is 1. The average Bonchev–Trinajstić information content (AvgIpc) is 2.01. The summed E-state index contributed by atoms with van der Waals surface area (Å²) in [6.07, 6.45) is 1.64. The Morgan fingerprint density at radius 2 is 2.14 bits per heavy atom. The summed E-state index contributed by atoms with van der Waals surface area (Å²) in [5.74, 6) is -0.458. The number of nitrogens with zero attached hydrogens (tertiary/aromatic N) is 1. The van der Waals surface area contributed by atoms with Crippen LogP contribution in [0.4, 0.5) is 0 Å². The molecule has 0 aliphatic carbocycles. The molecule has 0 bridgehead atoms. The highest BCUT2D eigenvalue weighted by atomic mass is 32.2. The largest absolute Gasteiger partial charge is 0.480 e. The fraction of sp³-hybridized carbons (Fsp3) is 0.778. The first kappa shape index (κ1) is 11.4. The van der Waals surface area contributed by atoms with E-state index in [0.29, 0.717) is 12.2 Å². The molecule has 4 nitrogen and oxygen atoms in total. The summed E-state index contributed by atoms with van der Waals surface area (Å²) in [5, 5.41) is 8.31. The highest BCUT2D eigenvalue weighted by molar-refractivity contribution is 8.01. The van der Waals surface area contributed by atoms with Crippen LogP contribution in [0, 0.1) is 0 Å². The van der Waals surface area contributed by atoms with Gasteiger partial charge in [-0.1, -0.05) is 6.92 Å². The van der Waals surface area contributed by atoms with Gasteiger partial charge in [0.25, 0.3) is 0 Å². The lowest BCUT2D eigenvalue weighted by atomic mass is 10.2. The zero-order chi connectivity index (χ0) is 10.6. The number of hydrogen-bond acceptors (Lipinski definition) is 3. The van der Waals surface area contributed by atoms with E-state index in [4.69, 9.17) is 5.11 Å². The van der Waals surface area contributed by atoms with E-state index in [1.807, 2.05) is 6.92 Å². The van der Waals surface area contributed by atoms with Gasteiger partial charge in [-0.15, -0.1) is 11.8 Å². The zero-order valence-corrected chi connectivity index (χ0v) is 9.05. The molecule has 5 heteroatoms. The van der Waals surface area contributed by atoms with E-state index in [9.17, 15) is 9.59 Å². The molecule has 1 fully saturated rings. The van der Waals surface area contributed by atoms with Crippen LogP contribution in [0.5, 0.6) is 0 Å². The SMILES string of the molecule is CCC(SCC(=O)N1CCC1)C(=O)O. The number of likely N-dealkylation sites (tertiary alicyclic amines) is 1. The number of thioether (sulfide) groups is 1. The van der Waals surface area contributed by atoms with Crippen molar-refractivity contribution in [1.29, 1.82) is 0 Å². The van der Waals surface area contributed by atoms with Crippen LogP contribution in [0.2, 0.25) is 0 Å². The summed E-state index contributed by atoms with van der Waals surface area (Å²) in [4.78, 5) is 23.8. The van der Waals surface area contributed by atoms with Gasteiger partial charge < -0.3 is 10.0 Å². The molecule has 14 heavy (non-hydrogen) atoms. The Hall–Kier alpha value is -0.710. The summed E-state index contributed by atoms with van der Waals surface area (Å²) < 4.78 is 0. The number of aliphatic carboxylic acids is 1. The average molecular weight is 217 g/mol. The molecule has 1 N–H and O–H groups in total. The minimum atomic E-state index is -0.825. The maximum absolute atomic E-state index is 11.4. The van der Waals surface area contributed by atoms with Gasteiger partial charge in [0.2, 0.25) is 5.91 Å². The van der Waals surface area contributed by atoms with E-state index in [0.717, 1.165) is 19.5 Å². The molecular weight excluding hydrogens is 202 g/mol. The van der Waals surface area contributed by atoms with E-state index in [-0.39, 0.29) is 5.91 Å². The number of rotatable bonds is 5. The number of amides is 1. The second-order valence-electron chi connectivity index (χ2n) is 3.28. The first-order chi connectivity index (χ1) is 6.65. The van der Waals surface area contributed by atoms with Crippen molar-refractivity contribution in [2.45, 2.75) is 25.0 Å².